The predicted molar refractivity (Wildman–Crippen MR) is 198 cm³/mol. The van der Waals surface area contributed by atoms with Crippen molar-refractivity contribution in [3.63, 3.8) is 0 Å². The van der Waals surface area contributed by atoms with E-state index in [4.69, 9.17) is 22.1 Å². The Kier molecular flexibility index (Phi) is 12.0. The molecule has 0 aliphatic carbocycles. The van der Waals surface area contributed by atoms with Gasteiger partial charge in [-0.15, -0.1) is 0 Å². The highest BCUT2D eigenvalue weighted by molar-refractivity contribution is 7.80. The van der Waals surface area contributed by atoms with Gasteiger partial charge in [-0.05, 0) is 54.7 Å². The van der Waals surface area contributed by atoms with Crippen molar-refractivity contribution in [3.05, 3.63) is 126 Å². The number of para-hydroxylation sites is 1. The Labute approximate surface area is 306 Å². The van der Waals surface area contributed by atoms with Gasteiger partial charge < -0.3 is 35.1 Å². The fourth-order valence-corrected chi connectivity index (χ4v) is 7.04. The van der Waals surface area contributed by atoms with Crippen molar-refractivity contribution >= 4 is 41.3 Å². The molecular weight excluding hydrogens is 689 g/mol. The molecule has 4 aromatic carbocycles. The molecule has 6 rings (SSSR count). The Balaban J connectivity index is 1.16. The zero-order valence-corrected chi connectivity index (χ0v) is 29.6. The topological polar surface area (TPSA) is 127 Å². The molecule has 52 heavy (non-hydrogen) atoms. The third-order valence-electron chi connectivity index (χ3n) is 9.20. The van der Waals surface area contributed by atoms with Crippen LogP contribution < -0.4 is 20.7 Å². The first-order chi connectivity index (χ1) is 25.2. The molecule has 1 aliphatic heterocycles. The number of nitrogens with one attached hydrogen (secondary N) is 4. The summed E-state index contributed by atoms with van der Waals surface area (Å²) < 4.78 is 41.5. The van der Waals surface area contributed by atoms with E-state index < -0.39 is 35.8 Å². The average molecular weight is 730 g/mol. The number of nitrogens with zero attached hydrogens (tertiary/aromatic N) is 1. The molecule has 1 aromatic heterocycles. The number of morpholine rings is 1. The number of aromatic amines is 1. The van der Waals surface area contributed by atoms with Gasteiger partial charge in [-0.1, -0.05) is 78.9 Å². The van der Waals surface area contributed by atoms with Crippen LogP contribution in [0.4, 0.5) is 19.3 Å². The van der Waals surface area contributed by atoms with Gasteiger partial charge in [0.25, 0.3) is 0 Å². The highest BCUT2D eigenvalue weighted by atomic mass is 32.1. The number of carbonyl (C=O) groups excluding carboxylic acids is 2. The Hall–Kier alpha value is -4.98. The third-order valence-corrected chi connectivity index (χ3v) is 9.74. The number of amides is 2. The number of alkyl carbamates (subject to hydrolysis) is 1. The maximum atomic E-state index is 14.2. The van der Waals surface area contributed by atoms with E-state index in [-0.39, 0.29) is 24.0 Å². The van der Waals surface area contributed by atoms with Crippen molar-refractivity contribution in [1.29, 1.82) is 0 Å². The molecule has 2 heterocycles. The van der Waals surface area contributed by atoms with Crippen LogP contribution in [0.15, 0.2) is 103 Å². The number of imidazole rings is 1. The largest absolute Gasteiger partial charge is 0.453 e. The zero-order chi connectivity index (χ0) is 36.6. The highest BCUT2D eigenvalue weighted by Gasteiger charge is 2.36. The minimum absolute atomic E-state index is 0.0270. The lowest BCUT2D eigenvalue weighted by Crippen LogP contribution is -2.52. The molecule has 0 bridgehead atoms. The number of rotatable bonds is 13. The molecular formula is C39H41F2N5O5S. The van der Waals surface area contributed by atoms with Crippen LogP contribution in [0.5, 0.6) is 5.75 Å². The number of anilines is 1. The number of thiol groups is 1. The minimum Gasteiger partial charge on any atom is -0.453 e. The summed E-state index contributed by atoms with van der Waals surface area (Å²) in [5, 5.41) is 8.96. The molecule has 0 radical (unpaired) electrons. The normalized spacial score (nSPS) is 18.6. The van der Waals surface area contributed by atoms with E-state index in [1.165, 1.54) is 19.2 Å². The monoisotopic (exact) mass is 729 g/mol. The van der Waals surface area contributed by atoms with Crippen LogP contribution in [0.2, 0.25) is 0 Å². The summed E-state index contributed by atoms with van der Waals surface area (Å²) in [6, 6.07) is 30.2. The third kappa shape index (κ3) is 8.90. The van der Waals surface area contributed by atoms with Gasteiger partial charge in [0.05, 0.1) is 35.6 Å². The summed E-state index contributed by atoms with van der Waals surface area (Å²) in [7, 11) is 1.27. The number of ether oxygens (including phenoxy) is 3. The van der Waals surface area contributed by atoms with Gasteiger partial charge in [0, 0.05) is 30.3 Å². The first-order valence-electron chi connectivity index (χ1n) is 17.0. The zero-order valence-electron chi connectivity index (χ0n) is 28.7. The Morgan fingerprint density at radius 3 is 2.33 bits per heavy atom. The lowest BCUT2D eigenvalue weighted by molar-refractivity contribution is -0.118. The highest BCUT2D eigenvalue weighted by Crippen LogP contribution is 2.33. The summed E-state index contributed by atoms with van der Waals surface area (Å²) >= 11 is 4.87. The Morgan fingerprint density at radius 1 is 0.981 bits per heavy atom. The van der Waals surface area contributed by atoms with E-state index in [1.54, 1.807) is 6.07 Å². The van der Waals surface area contributed by atoms with E-state index in [0.29, 0.717) is 41.9 Å². The molecule has 1 saturated heterocycles. The van der Waals surface area contributed by atoms with E-state index in [9.17, 15) is 18.4 Å². The summed E-state index contributed by atoms with van der Waals surface area (Å²) in [6.07, 6.45) is -0.0175. The van der Waals surface area contributed by atoms with Crippen LogP contribution in [-0.4, -0.2) is 66.5 Å². The number of hydrogen-bond acceptors (Lipinski definition) is 8. The number of H-pyrrole nitrogens is 1. The standard InChI is InChI=1S/C39H41F2N5O5S/c1-23-34(35(52)36-43-30-20-19-27(51-38(40)41)21-31(30)44-36)50-28(22-42-23)18-17-24-11-9-10-16-29(24)45-37(47)33(46-39(48)49-2)32(25-12-5-3-6-13-25)26-14-7-4-8-15-26/h3-16,19-21,23,28,32-35,38,42,52H,17-18,22H2,1-2H3,(H,43,44)(H,45,47)(H,46,48)/t23-,28-,33+,34+,35?/m1/s1. The van der Waals surface area contributed by atoms with E-state index in [2.05, 4.69) is 30.7 Å². The van der Waals surface area contributed by atoms with Crippen LogP contribution in [0.3, 0.4) is 0 Å². The molecule has 0 saturated carbocycles. The number of aryl methyl sites for hydroxylation is 1. The van der Waals surface area contributed by atoms with Crippen LogP contribution >= 0.6 is 12.6 Å². The first kappa shape index (κ1) is 36.8. The van der Waals surface area contributed by atoms with Crippen molar-refractivity contribution < 1.29 is 32.6 Å². The molecule has 5 atom stereocenters. The molecule has 0 spiro atoms. The van der Waals surface area contributed by atoms with Crippen molar-refractivity contribution in [2.75, 3.05) is 19.0 Å². The van der Waals surface area contributed by atoms with Crippen LogP contribution in [0, 0.1) is 0 Å². The van der Waals surface area contributed by atoms with E-state index in [0.717, 1.165) is 16.7 Å². The molecule has 10 nitrogen and oxygen atoms in total. The smallest absolute Gasteiger partial charge is 0.407 e. The summed E-state index contributed by atoms with van der Waals surface area (Å²) in [4.78, 5) is 34.6. The second-order valence-electron chi connectivity index (χ2n) is 12.6. The van der Waals surface area contributed by atoms with Gasteiger partial charge in [-0.2, -0.15) is 21.4 Å². The summed E-state index contributed by atoms with van der Waals surface area (Å²) in [6.45, 7) is -0.297. The Morgan fingerprint density at radius 2 is 1.65 bits per heavy atom. The van der Waals surface area contributed by atoms with Crippen LogP contribution in [-0.2, 0) is 20.7 Å². The molecule has 1 aliphatic rings. The second kappa shape index (κ2) is 17.0. The number of methoxy groups -OCH3 is 1. The van der Waals surface area contributed by atoms with Crippen molar-refractivity contribution in [1.82, 2.24) is 20.6 Å². The van der Waals surface area contributed by atoms with Gasteiger partial charge >= 0.3 is 12.7 Å². The number of aromatic nitrogens is 2. The van der Waals surface area contributed by atoms with Crippen LogP contribution in [0.1, 0.15) is 47.0 Å². The molecule has 13 heteroatoms. The number of alkyl halides is 2. The second-order valence-corrected chi connectivity index (χ2v) is 13.2. The quantitative estimate of drug-likeness (QED) is 0.0826. The number of benzene rings is 4. The van der Waals surface area contributed by atoms with Gasteiger partial charge in [-0.3, -0.25) is 4.79 Å². The molecule has 1 unspecified atom stereocenters. The lowest BCUT2D eigenvalue weighted by Gasteiger charge is -2.38. The molecule has 2 amide bonds. The van der Waals surface area contributed by atoms with E-state index >= 15 is 0 Å². The average Bonchev–Trinajstić information content (AvgIpc) is 3.58. The summed E-state index contributed by atoms with van der Waals surface area (Å²) in [5.74, 6) is -0.307. The SMILES string of the molecule is COC(=O)N[C@H](C(=O)Nc1ccccc1CC[C@@H]1CN[C@H](C)[C@@H](C(S)c2nc3cc(OC(F)F)ccc3[nH]2)O1)C(c1ccccc1)c1ccccc1. The van der Waals surface area contributed by atoms with Gasteiger partial charge in [0.2, 0.25) is 5.91 Å². The van der Waals surface area contributed by atoms with Crippen molar-refractivity contribution in [2.45, 2.75) is 61.8 Å². The predicted octanol–water partition coefficient (Wildman–Crippen LogP) is 7.01. The van der Waals surface area contributed by atoms with Crippen LogP contribution in [0.25, 0.3) is 11.0 Å². The summed E-state index contributed by atoms with van der Waals surface area (Å²) in [5.41, 5.74) is 4.41. The van der Waals surface area contributed by atoms with E-state index in [1.807, 2.05) is 91.9 Å². The van der Waals surface area contributed by atoms with Gasteiger partial charge in [-0.25, -0.2) is 9.78 Å². The number of halogens is 2. The molecule has 1 fully saturated rings. The molecule has 272 valence electrons. The Bertz CT molecular complexity index is 1910. The number of carbonyl (C=O) groups is 2. The fraction of sp³-hybridized carbons (Fsp3) is 0.308. The van der Waals surface area contributed by atoms with Crippen molar-refractivity contribution in [3.8, 4) is 5.75 Å². The fourth-order valence-electron chi connectivity index (χ4n) is 6.59. The number of fused-ring (bicyclic) bond motifs is 1. The maximum absolute atomic E-state index is 14.2. The van der Waals surface area contributed by atoms with Crippen molar-refractivity contribution in [2.24, 2.45) is 0 Å². The first-order valence-corrected chi connectivity index (χ1v) is 17.6. The molecule has 5 aromatic rings. The number of hydrogen-bond donors (Lipinski definition) is 5. The van der Waals surface area contributed by atoms with Gasteiger partial charge in [0.1, 0.15) is 17.6 Å². The van der Waals surface area contributed by atoms with Gasteiger partial charge in [0.15, 0.2) is 0 Å². The minimum atomic E-state index is -2.93. The lowest BCUT2D eigenvalue weighted by atomic mass is 9.84. The molecule has 4 N–H and O–H groups in total. The maximum Gasteiger partial charge on any atom is 0.407 e.